The number of aliphatic hydroxyl groups is 1. The fraction of sp³-hybridized carbons (Fsp3) is 0.241. The minimum Gasteiger partial charge on any atom is -0.388 e. The Hall–Kier alpha value is -3.34. The Morgan fingerprint density at radius 2 is 1.64 bits per heavy atom. The summed E-state index contributed by atoms with van der Waals surface area (Å²) in [6.07, 6.45) is 8.19. The van der Waals surface area contributed by atoms with Gasteiger partial charge in [-0.25, -0.2) is 9.98 Å². The van der Waals surface area contributed by atoms with Crippen LogP contribution in [0.2, 0.25) is 0 Å². The van der Waals surface area contributed by atoms with E-state index in [-0.39, 0.29) is 12.1 Å². The van der Waals surface area contributed by atoms with Crippen molar-refractivity contribution >= 4 is 43.9 Å². The van der Waals surface area contributed by atoms with E-state index in [9.17, 15) is 5.11 Å². The van der Waals surface area contributed by atoms with E-state index >= 15 is 0 Å². The highest BCUT2D eigenvalue weighted by Gasteiger charge is 2.28. The SMILES string of the molecule is CCCOC1CC(c2ccc3ccc4cccc5ccc2c3c45)=NC(C2C=CC=CC2O)=N1. The Bertz CT molecular complexity index is 1450. The van der Waals surface area contributed by atoms with Gasteiger partial charge in [0.2, 0.25) is 0 Å². The molecule has 1 aliphatic carbocycles. The zero-order valence-corrected chi connectivity index (χ0v) is 18.6. The van der Waals surface area contributed by atoms with Crippen LogP contribution in [0.4, 0.5) is 0 Å². The molecule has 33 heavy (non-hydrogen) atoms. The fourth-order valence-corrected chi connectivity index (χ4v) is 5.07. The maximum absolute atomic E-state index is 10.6. The standard InChI is InChI=1S/C29H26N2O2/c1-2-16-33-26-17-24(30-29(31-26)23-8-3-4-9-25(23)32)21-14-12-20-11-10-18-6-5-7-19-13-15-22(21)28(20)27(18)19/h3-15,23,25-26,32H,2,16-17H2,1H3. The predicted molar refractivity (Wildman–Crippen MR) is 137 cm³/mol. The molecule has 4 aromatic rings. The monoisotopic (exact) mass is 434 g/mol. The van der Waals surface area contributed by atoms with E-state index in [0.717, 1.165) is 17.7 Å². The summed E-state index contributed by atoms with van der Waals surface area (Å²) in [4.78, 5) is 9.80. The number of hydrogen-bond donors (Lipinski definition) is 1. The van der Waals surface area contributed by atoms with Crippen molar-refractivity contribution in [2.45, 2.75) is 32.1 Å². The van der Waals surface area contributed by atoms with Crippen LogP contribution < -0.4 is 0 Å². The fourth-order valence-electron chi connectivity index (χ4n) is 5.07. The zero-order chi connectivity index (χ0) is 22.4. The molecule has 4 heteroatoms. The lowest BCUT2D eigenvalue weighted by molar-refractivity contribution is 0.0634. The van der Waals surface area contributed by atoms with Crippen molar-refractivity contribution in [3.05, 3.63) is 84.5 Å². The summed E-state index contributed by atoms with van der Waals surface area (Å²) in [6, 6.07) is 19.7. The molecule has 0 spiro atoms. The number of benzene rings is 4. The molecule has 0 fully saturated rings. The Labute approximate surface area is 193 Å². The Morgan fingerprint density at radius 3 is 2.42 bits per heavy atom. The molecule has 0 radical (unpaired) electrons. The number of allylic oxidation sites excluding steroid dienone is 2. The third-order valence-electron chi connectivity index (χ3n) is 6.65. The van der Waals surface area contributed by atoms with Crippen LogP contribution in [0.5, 0.6) is 0 Å². The van der Waals surface area contributed by atoms with Crippen LogP contribution in [0.25, 0.3) is 32.3 Å². The second-order valence-electron chi connectivity index (χ2n) is 8.83. The van der Waals surface area contributed by atoms with E-state index in [0.29, 0.717) is 18.9 Å². The highest BCUT2D eigenvalue weighted by atomic mass is 16.5. The summed E-state index contributed by atoms with van der Waals surface area (Å²) in [5.74, 6) is 0.369. The summed E-state index contributed by atoms with van der Waals surface area (Å²) in [5, 5.41) is 18.1. The van der Waals surface area contributed by atoms with Gasteiger partial charge in [-0.1, -0.05) is 85.8 Å². The first kappa shape index (κ1) is 20.3. The number of rotatable bonds is 5. The Kier molecular flexibility index (Phi) is 5.05. The minimum atomic E-state index is -0.634. The molecule has 164 valence electrons. The first-order valence-corrected chi connectivity index (χ1v) is 11.7. The Morgan fingerprint density at radius 1 is 0.909 bits per heavy atom. The van der Waals surface area contributed by atoms with Crippen LogP contribution in [0.1, 0.15) is 25.3 Å². The molecule has 1 aliphatic heterocycles. The van der Waals surface area contributed by atoms with E-state index in [1.807, 2.05) is 18.2 Å². The molecule has 3 atom stereocenters. The smallest absolute Gasteiger partial charge is 0.155 e. The van der Waals surface area contributed by atoms with Crippen molar-refractivity contribution in [2.75, 3.05) is 6.61 Å². The number of nitrogens with zero attached hydrogens (tertiary/aromatic N) is 2. The molecule has 1 N–H and O–H groups in total. The largest absolute Gasteiger partial charge is 0.388 e. The highest BCUT2D eigenvalue weighted by molar-refractivity contribution is 6.27. The van der Waals surface area contributed by atoms with Gasteiger partial charge in [0.1, 0.15) is 5.84 Å². The third-order valence-corrected chi connectivity index (χ3v) is 6.65. The lowest BCUT2D eigenvalue weighted by atomic mass is 9.89. The molecule has 0 saturated heterocycles. The van der Waals surface area contributed by atoms with Crippen molar-refractivity contribution in [1.29, 1.82) is 0 Å². The Balaban J connectivity index is 1.52. The second kappa shape index (κ2) is 8.22. The normalized spacial score (nSPS) is 22.9. The van der Waals surface area contributed by atoms with Gasteiger partial charge >= 0.3 is 0 Å². The molecular formula is C29H26N2O2. The molecule has 1 heterocycles. The van der Waals surface area contributed by atoms with Gasteiger partial charge in [0, 0.05) is 18.6 Å². The summed E-state index contributed by atoms with van der Waals surface area (Å²) < 4.78 is 6.07. The molecule has 4 aromatic carbocycles. The summed E-state index contributed by atoms with van der Waals surface area (Å²) in [6.45, 7) is 2.75. The van der Waals surface area contributed by atoms with Crippen LogP contribution in [-0.4, -0.2) is 35.6 Å². The summed E-state index contributed by atoms with van der Waals surface area (Å²) >= 11 is 0. The molecule has 0 bridgehead atoms. The van der Waals surface area contributed by atoms with Crippen LogP contribution in [-0.2, 0) is 4.74 Å². The maximum atomic E-state index is 10.6. The quantitative estimate of drug-likeness (QED) is 0.390. The molecule has 3 unspecified atom stereocenters. The summed E-state index contributed by atoms with van der Waals surface area (Å²) in [5.41, 5.74) is 2.08. The van der Waals surface area contributed by atoms with Gasteiger partial charge < -0.3 is 9.84 Å². The summed E-state index contributed by atoms with van der Waals surface area (Å²) in [7, 11) is 0. The molecule has 0 saturated carbocycles. The van der Waals surface area contributed by atoms with E-state index in [2.05, 4.69) is 61.5 Å². The molecule has 4 nitrogen and oxygen atoms in total. The lowest BCUT2D eigenvalue weighted by Crippen LogP contribution is -2.32. The highest BCUT2D eigenvalue weighted by Crippen LogP contribution is 2.37. The lowest BCUT2D eigenvalue weighted by Gasteiger charge is -2.26. The third kappa shape index (κ3) is 3.47. The molecule has 6 rings (SSSR count). The second-order valence-corrected chi connectivity index (χ2v) is 8.83. The average molecular weight is 435 g/mol. The van der Waals surface area contributed by atoms with E-state index in [1.165, 1.54) is 32.3 Å². The van der Waals surface area contributed by atoms with Crippen molar-refractivity contribution in [2.24, 2.45) is 15.9 Å². The van der Waals surface area contributed by atoms with Gasteiger partial charge in [-0.3, -0.25) is 0 Å². The van der Waals surface area contributed by atoms with Crippen LogP contribution >= 0.6 is 0 Å². The van der Waals surface area contributed by atoms with Crippen molar-refractivity contribution in [1.82, 2.24) is 0 Å². The van der Waals surface area contributed by atoms with Crippen molar-refractivity contribution in [3.63, 3.8) is 0 Å². The number of aliphatic hydroxyl groups excluding tert-OH is 1. The molecular weight excluding hydrogens is 408 g/mol. The van der Waals surface area contributed by atoms with E-state index in [4.69, 9.17) is 14.7 Å². The number of amidine groups is 1. The minimum absolute atomic E-state index is 0.266. The van der Waals surface area contributed by atoms with Gasteiger partial charge in [0.15, 0.2) is 6.23 Å². The number of aliphatic imine (C=N–C) groups is 2. The topological polar surface area (TPSA) is 54.2 Å². The predicted octanol–water partition coefficient (Wildman–Crippen LogP) is 6.03. The van der Waals surface area contributed by atoms with Gasteiger partial charge in [-0.15, -0.1) is 0 Å². The first-order chi connectivity index (χ1) is 16.2. The van der Waals surface area contributed by atoms with Gasteiger partial charge in [0.05, 0.1) is 17.7 Å². The molecule has 0 aromatic heterocycles. The number of hydrogen-bond acceptors (Lipinski definition) is 4. The van der Waals surface area contributed by atoms with Crippen LogP contribution in [0.3, 0.4) is 0 Å². The van der Waals surface area contributed by atoms with Gasteiger partial charge in [0.25, 0.3) is 0 Å². The van der Waals surface area contributed by atoms with Gasteiger partial charge in [-0.05, 0) is 38.7 Å². The van der Waals surface area contributed by atoms with Crippen molar-refractivity contribution < 1.29 is 9.84 Å². The first-order valence-electron chi connectivity index (χ1n) is 11.7. The maximum Gasteiger partial charge on any atom is 0.155 e. The van der Waals surface area contributed by atoms with Crippen LogP contribution in [0.15, 0.2) is 88.9 Å². The molecule has 0 amide bonds. The van der Waals surface area contributed by atoms with Crippen molar-refractivity contribution in [3.8, 4) is 0 Å². The zero-order valence-electron chi connectivity index (χ0n) is 18.6. The number of ether oxygens (including phenoxy) is 1. The van der Waals surface area contributed by atoms with E-state index in [1.54, 1.807) is 6.08 Å². The average Bonchev–Trinajstić information content (AvgIpc) is 2.86. The molecule has 2 aliphatic rings. The van der Waals surface area contributed by atoms with Gasteiger partial charge in [-0.2, -0.15) is 0 Å². The van der Waals surface area contributed by atoms with Crippen LogP contribution in [0, 0.1) is 5.92 Å². The van der Waals surface area contributed by atoms with E-state index < -0.39 is 6.10 Å².